The average molecular weight is 110 g/mol. The van der Waals surface area contributed by atoms with Gasteiger partial charge in [-0.05, 0) is 24.7 Å². The zero-order chi connectivity index (χ0) is 5.61. The van der Waals surface area contributed by atoms with Gasteiger partial charge in [-0.15, -0.1) is 0 Å². The van der Waals surface area contributed by atoms with Crippen molar-refractivity contribution in [3.05, 3.63) is 0 Å². The summed E-state index contributed by atoms with van der Waals surface area (Å²) in [6.45, 7) is 0. The molecule has 0 heterocycles. The maximum Gasteiger partial charge on any atom is 0.123 e. The maximum atomic E-state index is 10.2. The lowest BCUT2D eigenvalue weighted by Crippen LogP contribution is -2.14. The van der Waals surface area contributed by atoms with Crippen LogP contribution >= 0.6 is 0 Å². The first kappa shape index (κ1) is 4.54. The van der Waals surface area contributed by atoms with Crippen molar-refractivity contribution in [3.63, 3.8) is 0 Å². The fourth-order valence-corrected chi connectivity index (χ4v) is 1.78. The van der Waals surface area contributed by atoms with E-state index in [4.69, 9.17) is 0 Å². The Morgan fingerprint density at radius 2 is 2.25 bits per heavy atom. The van der Waals surface area contributed by atoms with E-state index in [1.807, 2.05) is 0 Å². The van der Waals surface area contributed by atoms with E-state index in [-0.39, 0.29) is 0 Å². The molecule has 0 bridgehead atoms. The minimum atomic E-state index is 0.469. The van der Waals surface area contributed by atoms with Gasteiger partial charge in [0.25, 0.3) is 0 Å². The van der Waals surface area contributed by atoms with E-state index >= 15 is 0 Å². The molecule has 0 aromatic carbocycles. The van der Waals surface area contributed by atoms with Gasteiger partial charge in [-0.1, -0.05) is 6.42 Å². The van der Waals surface area contributed by atoms with Crippen LogP contribution in [0.1, 0.15) is 25.7 Å². The summed E-state index contributed by atoms with van der Waals surface area (Å²) in [7, 11) is 0. The van der Waals surface area contributed by atoms with Crippen LogP contribution in [0.2, 0.25) is 0 Å². The average Bonchev–Trinajstić information content (AvgIpc) is 2.36. The normalized spacial score (nSPS) is 38.8. The predicted octanol–water partition coefficient (Wildman–Crippen LogP) is 1.38. The molecule has 2 rings (SSSR count). The standard InChI is InChI=1S/C7H10O/c8-5-6-4-7(6)2-1-3-7/h5-6H,1-4H2. The van der Waals surface area contributed by atoms with Gasteiger partial charge in [0, 0.05) is 5.92 Å². The third-order valence-corrected chi connectivity index (χ3v) is 2.77. The van der Waals surface area contributed by atoms with Gasteiger partial charge in [0.15, 0.2) is 0 Å². The molecule has 2 saturated carbocycles. The Balaban J connectivity index is 2.02. The molecule has 1 nitrogen and oxygen atoms in total. The van der Waals surface area contributed by atoms with Crippen molar-refractivity contribution in [1.82, 2.24) is 0 Å². The van der Waals surface area contributed by atoms with Crippen LogP contribution in [0.3, 0.4) is 0 Å². The van der Waals surface area contributed by atoms with E-state index in [1.165, 1.54) is 25.7 Å². The largest absolute Gasteiger partial charge is 0.303 e. The van der Waals surface area contributed by atoms with E-state index in [9.17, 15) is 4.79 Å². The third-order valence-electron chi connectivity index (χ3n) is 2.77. The topological polar surface area (TPSA) is 17.1 Å². The number of carbonyl (C=O) groups excluding carboxylic acids is 1. The predicted molar refractivity (Wildman–Crippen MR) is 30.5 cm³/mol. The molecular formula is C7H10O. The Hall–Kier alpha value is -0.330. The lowest BCUT2D eigenvalue weighted by atomic mass is 9.80. The number of hydrogen-bond acceptors (Lipinski definition) is 1. The van der Waals surface area contributed by atoms with Crippen LogP contribution in [0.5, 0.6) is 0 Å². The monoisotopic (exact) mass is 110 g/mol. The summed E-state index contributed by atoms with van der Waals surface area (Å²) in [4.78, 5) is 10.2. The molecule has 0 N–H and O–H groups in total. The Morgan fingerprint density at radius 1 is 1.50 bits per heavy atom. The summed E-state index contributed by atoms with van der Waals surface area (Å²) < 4.78 is 0. The number of carbonyl (C=O) groups is 1. The summed E-state index contributed by atoms with van der Waals surface area (Å²) >= 11 is 0. The van der Waals surface area contributed by atoms with Crippen LogP contribution in [0.15, 0.2) is 0 Å². The molecule has 0 aliphatic heterocycles. The Bertz CT molecular complexity index is 124. The fourth-order valence-electron chi connectivity index (χ4n) is 1.78. The summed E-state index contributed by atoms with van der Waals surface area (Å²) in [5.74, 6) is 0.469. The van der Waals surface area contributed by atoms with Crippen LogP contribution < -0.4 is 0 Å². The molecule has 2 aliphatic carbocycles. The highest BCUT2D eigenvalue weighted by Gasteiger charge is 2.57. The van der Waals surface area contributed by atoms with Crippen LogP contribution in [0, 0.1) is 11.3 Å². The summed E-state index contributed by atoms with van der Waals surface area (Å²) in [6, 6.07) is 0. The van der Waals surface area contributed by atoms with Crippen molar-refractivity contribution >= 4 is 6.29 Å². The summed E-state index contributed by atoms with van der Waals surface area (Å²) in [5.41, 5.74) is 0.571. The van der Waals surface area contributed by atoms with Crippen LogP contribution in [0.25, 0.3) is 0 Å². The Morgan fingerprint density at radius 3 is 2.38 bits per heavy atom. The summed E-state index contributed by atoms with van der Waals surface area (Å²) in [6.07, 6.45) is 6.37. The first-order valence-electron chi connectivity index (χ1n) is 3.33. The van der Waals surface area contributed by atoms with Crippen LogP contribution in [-0.4, -0.2) is 6.29 Å². The van der Waals surface area contributed by atoms with Gasteiger partial charge in [0.05, 0.1) is 0 Å². The number of rotatable bonds is 1. The van der Waals surface area contributed by atoms with Gasteiger partial charge >= 0.3 is 0 Å². The highest BCUT2D eigenvalue weighted by molar-refractivity contribution is 5.60. The van der Waals surface area contributed by atoms with Crippen molar-refractivity contribution in [2.75, 3.05) is 0 Å². The minimum absolute atomic E-state index is 0.469. The molecule has 2 fully saturated rings. The van der Waals surface area contributed by atoms with Gasteiger partial charge in [0.2, 0.25) is 0 Å². The summed E-state index contributed by atoms with van der Waals surface area (Å²) in [5, 5.41) is 0. The number of aldehydes is 1. The van der Waals surface area contributed by atoms with Crippen molar-refractivity contribution in [3.8, 4) is 0 Å². The van der Waals surface area contributed by atoms with Gasteiger partial charge in [0.1, 0.15) is 6.29 Å². The molecule has 1 unspecified atom stereocenters. The zero-order valence-electron chi connectivity index (χ0n) is 4.89. The fraction of sp³-hybridized carbons (Fsp3) is 0.857. The molecule has 0 aromatic rings. The molecule has 2 aliphatic rings. The molecule has 44 valence electrons. The third kappa shape index (κ3) is 0.355. The van der Waals surface area contributed by atoms with Gasteiger partial charge in [-0.3, -0.25) is 0 Å². The van der Waals surface area contributed by atoms with E-state index in [2.05, 4.69) is 0 Å². The van der Waals surface area contributed by atoms with Crippen LogP contribution in [0.4, 0.5) is 0 Å². The molecule has 1 spiro atoms. The first-order chi connectivity index (χ1) is 3.87. The van der Waals surface area contributed by atoms with E-state index in [0.29, 0.717) is 11.3 Å². The smallest absolute Gasteiger partial charge is 0.123 e. The Labute approximate surface area is 49.1 Å². The highest BCUT2D eigenvalue weighted by atomic mass is 16.1. The van der Waals surface area contributed by atoms with Crippen LogP contribution in [-0.2, 0) is 4.79 Å². The second kappa shape index (κ2) is 1.15. The molecular weight excluding hydrogens is 100 g/mol. The quantitative estimate of drug-likeness (QED) is 0.466. The molecule has 0 aromatic heterocycles. The van der Waals surface area contributed by atoms with E-state index in [0.717, 1.165) is 6.29 Å². The van der Waals surface area contributed by atoms with Gasteiger partial charge in [-0.2, -0.15) is 0 Å². The second-order valence-corrected chi connectivity index (χ2v) is 3.16. The first-order valence-corrected chi connectivity index (χ1v) is 3.33. The lowest BCUT2D eigenvalue weighted by Gasteiger charge is -2.25. The molecule has 1 heteroatoms. The Kier molecular flexibility index (Phi) is 0.651. The maximum absolute atomic E-state index is 10.2. The highest BCUT2D eigenvalue weighted by Crippen LogP contribution is 2.64. The molecule has 0 saturated heterocycles. The van der Waals surface area contributed by atoms with E-state index < -0.39 is 0 Å². The SMILES string of the molecule is O=CC1CC12CCC2. The zero-order valence-corrected chi connectivity index (χ0v) is 4.89. The van der Waals surface area contributed by atoms with Crippen molar-refractivity contribution in [2.24, 2.45) is 11.3 Å². The second-order valence-electron chi connectivity index (χ2n) is 3.16. The van der Waals surface area contributed by atoms with Gasteiger partial charge in [-0.25, -0.2) is 0 Å². The van der Waals surface area contributed by atoms with E-state index in [1.54, 1.807) is 0 Å². The molecule has 0 amide bonds. The van der Waals surface area contributed by atoms with Gasteiger partial charge < -0.3 is 4.79 Å². The molecule has 8 heavy (non-hydrogen) atoms. The number of hydrogen-bond donors (Lipinski definition) is 0. The molecule has 0 radical (unpaired) electrons. The van der Waals surface area contributed by atoms with Crippen molar-refractivity contribution in [2.45, 2.75) is 25.7 Å². The van der Waals surface area contributed by atoms with Crippen molar-refractivity contribution < 1.29 is 4.79 Å². The minimum Gasteiger partial charge on any atom is -0.303 e. The lowest BCUT2D eigenvalue weighted by molar-refractivity contribution is -0.109. The van der Waals surface area contributed by atoms with Crippen molar-refractivity contribution in [1.29, 1.82) is 0 Å². The molecule has 1 atom stereocenters.